The Bertz CT molecular complexity index is 439. The van der Waals surface area contributed by atoms with Gasteiger partial charge < -0.3 is 10.5 Å². The molecular formula is C17H27NO. The van der Waals surface area contributed by atoms with Crippen molar-refractivity contribution in [1.29, 1.82) is 0 Å². The summed E-state index contributed by atoms with van der Waals surface area (Å²) in [5.74, 6) is 1.75. The van der Waals surface area contributed by atoms with E-state index in [9.17, 15) is 0 Å². The highest BCUT2D eigenvalue weighted by Gasteiger charge is 2.33. The van der Waals surface area contributed by atoms with E-state index in [1.807, 2.05) is 0 Å². The quantitative estimate of drug-likeness (QED) is 0.891. The molecule has 0 radical (unpaired) electrons. The van der Waals surface area contributed by atoms with Gasteiger partial charge in [0.1, 0.15) is 5.75 Å². The Morgan fingerprint density at radius 2 is 2.05 bits per heavy atom. The average Bonchev–Trinajstić information content (AvgIpc) is 2.29. The van der Waals surface area contributed by atoms with Crippen molar-refractivity contribution >= 4 is 0 Å². The fraction of sp³-hybridized carbons (Fsp3) is 0.647. The molecule has 1 fully saturated rings. The van der Waals surface area contributed by atoms with Crippen molar-refractivity contribution in [3.63, 3.8) is 0 Å². The van der Waals surface area contributed by atoms with Gasteiger partial charge in [-0.1, -0.05) is 39.0 Å². The van der Waals surface area contributed by atoms with Crippen molar-refractivity contribution in [2.75, 3.05) is 0 Å². The Labute approximate surface area is 117 Å². The Morgan fingerprint density at radius 1 is 1.32 bits per heavy atom. The lowest BCUT2D eigenvalue weighted by atomic mass is 9.71. The van der Waals surface area contributed by atoms with Gasteiger partial charge in [0.15, 0.2) is 0 Å². The van der Waals surface area contributed by atoms with Crippen LogP contribution in [-0.2, 0) is 6.54 Å². The molecule has 0 spiro atoms. The maximum Gasteiger partial charge on any atom is 0.127 e. The number of ether oxygens (including phenoxy) is 1. The molecule has 1 saturated carbocycles. The molecule has 0 aromatic heterocycles. The maximum atomic E-state index is 6.33. The highest BCUT2D eigenvalue weighted by atomic mass is 16.5. The summed E-state index contributed by atoms with van der Waals surface area (Å²) in [5.41, 5.74) is 8.52. The van der Waals surface area contributed by atoms with Gasteiger partial charge in [-0.3, -0.25) is 0 Å². The second-order valence-corrected chi connectivity index (χ2v) is 6.92. The van der Waals surface area contributed by atoms with E-state index in [0.717, 1.165) is 30.1 Å². The maximum absolute atomic E-state index is 6.33. The molecule has 106 valence electrons. The zero-order valence-corrected chi connectivity index (χ0v) is 12.7. The van der Waals surface area contributed by atoms with Crippen LogP contribution in [0.5, 0.6) is 5.75 Å². The molecule has 0 aliphatic heterocycles. The van der Waals surface area contributed by atoms with Gasteiger partial charge in [0.25, 0.3) is 0 Å². The third kappa shape index (κ3) is 3.50. The standard InChI is InChI=1S/C17H27NO/c1-12-8-15(10-17(3,4)9-12)19-16-13(2)6-5-7-14(16)11-18/h5-7,12,15H,8-11,18H2,1-4H3. The Balaban J connectivity index is 2.17. The third-order valence-corrected chi connectivity index (χ3v) is 4.14. The van der Waals surface area contributed by atoms with Crippen LogP contribution in [0.15, 0.2) is 18.2 Å². The van der Waals surface area contributed by atoms with Gasteiger partial charge in [0, 0.05) is 12.1 Å². The van der Waals surface area contributed by atoms with E-state index < -0.39 is 0 Å². The molecule has 19 heavy (non-hydrogen) atoms. The summed E-state index contributed by atoms with van der Waals surface area (Å²) >= 11 is 0. The van der Waals surface area contributed by atoms with Gasteiger partial charge >= 0.3 is 0 Å². The first-order valence-corrected chi connectivity index (χ1v) is 7.36. The number of nitrogens with two attached hydrogens (primary N) is 1. The number of benzene rings is 1. The highest BCUT2D eigenvalue weighted by Crippen LogP contribution is 2.40. The predicted octanol–water partition coefficient (Wildman–Crippen LogP) is 4.05. The summed E-state index contributed by atoms with van der Waals surface area (Å²) in [7, 11) is 0. The van der Waals surface area contributed by atoms with Gasteiger partial charge in [-0.25, -0.2) is 0 Å². The number of aryl methyl sites for hydroxylation is 1. The van der Waals surface area contributed by atoms with Crippen LogP contribution in [0.1, 0.15) is 51.2 Å². The van der Waals surface area contributed by atoms with E-state index in [-0.39, 0.29) is 0 Å². The molecular weight excluding hydrogens is 234 g/mol. The van der Waals surface area contributed by atoms with Crippen LogP contribution in [-0.4, -0.2) is 6.10 Å². The van der Waals surface area contributed by atoms with Gasteiger partial charge in [-0.2, -0.15) is 0 Å². The lowest BCUT2D eigenvalue weighted by molar-refractivity contribution is 0.0551. The van der Waals surface area contributed by atoms with E-state index in [4.69, 9.17) is 10.5 Å². The van der Waals surface area contributed by atoms with E-state index in [0.29, 0.717) is 18.1 Å². The topological polar surface area (TPSA) is 35.2 Å². The van der Waals surface area contributed by atoms with Crippen molar-refractivity contribution in [2.24, 2.45) is 17.1 Å². The first-order valence-electron chi connectivity index (χ1n) is 7.36. The van der Waals surface area contributed by atoms with Crippen molar-refractivity contribution in [3.05, 3.63) is 29.3 Å². The third-order valence-electron chi connectivity index (χ3n) is 4.14. The van der Waals surface area contributed by atoms with Crippen molar-refractivity contribution in [2.45, 2.75) is 59.6 Å². The van der Waals surface area contributed by atoms with E-state index >= 15 is 0 Å². The first kappa shape index (κ1) is 14.4. The largest absolute Gasteiger partial charge is 0.490 e. The Morgan fingerprint density at radius 3 is 2.68 bits per heavy atom. The Hall–Kier alpha value is -1.02. The molecule has 0 saturated heterocycles. The van der Waals surface area contributed by atoms with Crippen LogP contribution < -0.4 is 10.5 Å². The summed E-state index contributed by atoms with van der Waals surface area (Å²) in [5, 5.41) is 0. The molecule has 2 heteroatoms. The minimum atomic E-state index is 0.324. The second-order valence-electron chi connectivity index (χ2n) is 6.92. The van der Waals surface area contributed by atoms with Gasteiger partial charge in [-0.15, -0.1) is 0 Å². The minimum Gasteiger partial charge on any atom is -0.490 e. The van der Waals surface area contributed by atoms with Crippen LogP contribution in [0.2, 0.25) is 0 Å². The van der Waals surface area contributed by atoms with Crippen LogP contribution in [0, 0.1) is 18.3 Å². The van der Waals surface area contributed by atoms with Crippen molar-refractivity contribution < 1.29 is 4.74 Å². The summed E-state index contributed by atoms with van der Waals surface area (Å²) in [6.07, 6.45) is 3.91. The molecule has 2 nitrogen and oxygen atoms in total. The smallest absolute Gasteiger partial charge is 0.127 e. The fourth-order valence-corrected chi connectivity index (χ4v) is 3.56. The number of hydrogen-bond acceptors (Lipinski definition) is 2. The lowest BCUT2D eigenvalue weighted by Gasteiger charge is -2.39. The van der Waals surface area contributed by atoms with Crippen molar-refractivity contribution in [3.8, 4) is 5.75 Å². The molecule has 2 atom stereocenters. The Kier molecular flexibility index (Phi) is 4.19. The zero-order chi connectivity index (χ0) is 14.0. The van der Waals surface area contributed by atoms with Crippen LogP contribution in [0.25, 0.3) is 0 Å². The number of rotatable bonds is 3. The van der Waals surface area contributed by atoms with E-state index in [1.165, 1.54) is 12.0 Å². The monoisotopic (exact) mass is 261 g/mol. The normalized spacial score (nSPS) is 26.2. The second kappa shape index (κ2) is 5.54. The molecule has 2 N–H and O–H groups in total. The van der Waals surface area contributed by atoms with Crippen LogP contribution in [0.3, 0.4) is 0 Å². The van der Waals surface area contributed by atoms with Gasteiger partial charge in [-0.05, 0) is 43.1 Å². The number of hydrogen-bond donors (Lipinski definition) is 1. The van der Waals surface area contributed by atoms with Gasteiger partial charge in [0.2, 0.25) is 0 Å². The molecule has 2 rings (SSSR count). The molecule has 1 aliphatic carbocycles. The molecule has 0 amide bonds. The SMILES string of the molecule is Cc1cccc(CN)c1OC1CC(C)CC(C)(C)C1. The zero-order valence-electron chi connectivity index (χ0n) is 12.7. The highest BCUT2D eigenvalue weighted by molar-refractivity contribution is 5.40. The molecule has 0 bridgehead atoms. The van der Waals surface area contributed by atoms with Crippen molar-refractivity contribution in [1.82, 2.24) is 0 Å². The summed E-state index contributed by atoms with van der Waals surface area (Å²) in [6, 6.07) is 6.23. The number of para-hydroxylation sites is 1. The van der Waals surface area contributed by atoms with Gasteiger partial charge in [0.05, 0.1) is 6.10 Å². The summed E-state index contributed by atoms with van der Waals surface area (Å²) < 4.78 is 6.33. The summed E-state index contributed by atoms with van der Waals surface area (Å²) in [4.78, 5) is 0. The fourth-order valence-electron chi connectivity index (χ4n) is 3.56. The lowest BCUT2D eigenvalue weighted by Crippen LogP contribution is -2.34. The molecule has 1 aromatic carbocycles. The molecule has 2 unspecified atom stereocenters. The van der Waals surface area contributed by atoms with Crippen LogP contribution in [0.4, 0.5) is 0 Å². The molecule has 1 aliphatic rings. The predicted molar refractivity (Wildman–Crippen MR) is 80.3 cm³/mol. The van der Waals surface area contributed by atoms with E-state index in [2.05, 4.69) is 45.9 Å². The van der Waals surface area contributed by atoms with Crippen LogP contribution >= 0.6 is 0 Å². The average molecular weight is 261 g/mol. The van der Waals surface area contributed by atoms with E-state index in [1.54, 1.807) is 0 Å². The molecule has 1 aromatic rings. The minimum absolute atomic E-state index is 0.324. The summed E-state index contributed by atoms with van der Waals surface area (Å²) in [6.45, 7) is 9.68. The molecule has 0 heterocycles. The first-order chi connectivity index (χ1) is 8.91.